The number of rotatable bonds is 3. The van der Waals surface area contributed by atoms with Gasteiger partial charge in [-0.05, 0) is 24.1 Å². The fourth-order valence-corrected chi connectivity index (χ4v) is 1.70. The zero-order valence-electron chi connectivity index (χ0n) is 9.89. The van der Waals surface area contributed by atoms with Crippen LogP contribution in [0, 0.1) is 12.7 Å². The summed E-state index contributed by atoms with van der Waals surface area (Å²) in [5.41, 5.74) is 1.16. The number of aryl methyl sites for hydroxylation is 2. The van der Waals surface area contributed by atoms with Crippen molar-refractivity contribution >= 4 is 0 Å². The molecule has 3 nitrogen and oxygen atoms in total. The van der Waals surface area contributed by atoms with Gasteiger partial charge in [-0.25, -0.2) is 9.37 Å². The predicted octanol–water partition coefficient (Wildman–Crippen LogP) is 2.14. The SMILES string of the molecule is Cc1ccc(C(O)Cc2nccn2C)cc1F. The van der Waals surface area contributed by atoms with Gasteiger partial charge in [0, 0.05) is 25.9 Å². The van der Waals surface area contributed by atoms with Crippen molar-refractivity contribution in [3.05, 3.63) is 53.4 Å². The molecule has 0 amide bonds. The summed E-state index contributed by atoms with van der Waals surface area (Å²) >= 11 is 0. The van der Waals surface area contributed by atoms with Gasteiger partial charge < -0.3 is 9.67 Å². The molecule has 0 spiro atoms. The number of halogens is 1. The topological polar surface area (TPSA) is 38.1 Å². The third-order valence-electron chi connectivity index (χ3n) is 2.88. The molecular weight excluding hydrogens is 219 g/mol. The molecule has 0 bridgehead atoms. The van der Waals surface area contributed by atoms with E-state index in [9.17, 15) is 9.50 Å². The summed E-state index contributed by atoms with van der Waals surface area (Å²) in [5, 5.41) is 10.0. The van der Waals surface area contributed by atoms with Crippen molar-refractivity contribution in [2.75, 3.05) is 0 Å². The van der Waals surface area contributed by atoms with Gasteiger partial charge in [-0.15, -0.1) is 0 Å². The monoisotopic (exact) mass is 234 g/mol. The third kappa shape index (κ3) is 2.53. The van der Waals surface area contributed by atoms with E-state index in [-0.39, 0.29) is 5.82 Å². The van der Waals surface area contributed by atoms with Crippen molar-refractivity contribution in [2.45, 2.75) is 19.4 Å². The Bertz CT molecular complexity index is 522. The van der Waals surface area contributed by atoms with E-state index >= 15 is 0 Å². The first-order chi connectivity index (χ1) is 8.08. The van der Waals surface area contributed by atoms with Crippen molar-refractivity contribution in [3.63, 3.8) is 0 Å². The van der Waals surface area contributed by atoms with Gasteiger partial charge in [-0.3, -0.25) is 0 Å². The van der Waals surface area contributed by atoms with E-state index in [1.807, 2.05) is 17.8 Å². The van der Waals surface area contributed by atoms with Gasteiger partial charge in [-0.2, -0.15) is 0 Å². The highest BCUT2D eigenvalue weighted by atomic mass is 19.1. The Morgan fingerprint density at radius 1 is 1.47 bits per heavy atom. The summed E-state index contributed by atoms with van der Waals surface area (Å²) in [6, 6.07) is 4.79. The molecule has 2 rings (SSSR count). The van der Waals surface area contributed by atoms with Gasteiger partial charge in [0.2, 0.25) is 0 Å². The van der Waals surface area contributed by atoms with Crippen LogP contribution in [-0.4, -0.2) is 14.7 Å². The molecule has 17 heavy (non-hydrogen) atoms. The molecule has 0 fully saturated rings. The Hall–Kier alpha value is -1.68. The standard InChI is InChI=1S/C13H15FN2O/c1-9-3-4-10(7-11(9)14)12(17)8-13-15-5-6-16(13)2/h3-7,12,17H,8H2,1-2H3. The summed E-state index contributed by atoms with van der Waals surface area (Å²) in [7, 11) is 1.87. The molecule has 1 atom stereocenters. The second kappa shape index (κ2) is 4.67. The molecule has 0 saturated carbocycles. The molecule has 1 heterocycles. The van der Waals surface area contributed by atoms with E-state index in [4.69, 9.17) is 0 Å². The molecular formula is C13H15FN2O. The number of aliphatic hydroxyl groups is 1. The maximum atomic E-state index is 13.4. The fourth-order valence-electron chi connectivity index (χ4n) is 1.70. The van der Waals surface area contributed by atoms with Gasteiger partial charge in [0.15, 0.2) is 0 Å². The lowest BCUT2D eigenvalue weighted by Gasteiger charge is -2.11. The normalized spacial score (nSPS) is 12.7. The van der Waals surface area contributed by atoms with Crippen LogP contribution < -0.4 is 0 Å². The van der Waals surface area contributed by atoms with Gasteiger partial charge in [0.1, 0.15) is 11.6 Å². The van der Waals surface area contributed by atoms with E-state index in [0.29, 0.717) is 17.5 Å². The van der Waals surface area contributed by atoms with E-state index < -0.39 is 6.10 Å². The van der Waals surface area contributed by atoms with Crippen LogP contribution in [0.25, 0.3) is 0 Å². The highest BCUT2D eigenvalue weighted by Gasteiger charge is 2.12. The summed E-state index contributed by atoms with van der Waals surface area (Å²) in [6.45, 7) is 1.70. The summed E-state index contributed by atoms with van der Waals surface area (Å²) in [6.07, 6.45) is 3.15. The molecule has 1 unspecified atom stereocenters. The average molecular weight is 234 g/mol. The molecule has 1 aromatic heterocycles. The molecule has 90 valence electrons. The van der Waals surface area contributed by atoms with Crippen molar-refractivity contribution in [1.82, 2.24) is 9.55 Å². The van der Waals surface area contributed by atoms with Crippen molar-refractivity contribution in [2.24, 2.45) is 7.05 Å². The van der Waals surface area contributed by atoms with Crippen LogP contribution in [0.5, 0.6) is 0 Å². The van der Waals surface area contributed by atoms with Crippen LogP contribution >= 0.6 is 0 Å². The second-order valence-electron chi connectivity index (χ2n) is 4.18. The fraction of sp³-hybridized carbons (Fsp3) is 0.308. The van der Waals surface area contributed by atoms with E-state index in [1.54, 1.807) is 25.3 Å². The van der Waals surface area contributed by atoms with E-state index in [2.05, 4.69) is 4.98 Å². The number of benzene rings is 1. The largest absolute Gasteiger partial charge is 0.388 e. The second-order valence-corrected chi connectivity index (χ2v) is 4.18. The highest BCUT2D eigenvalue weighted by Crippen LogP contribution is 2.19. The molecule has 0 saturated heterocycles. The summed E-state index contributed by atoms with van der Waals surface area (Å²) in [4.78, 5) is 4.13. The van der Waals surface area contributed by atoms with Crippen molar-refractivity contribution < 1.29 is 9.50 Å². The Morgan fingerprint density at radius 2 is 2.24 bits per heavy atom. The van der Waals surface area contributed by atoms with Crippen LogP contribution in [0.1, 0.15) is 23.1 Å². The smallest absolute Gasteiger partial charge is 0.126 e. The lowest BCUT2D eigenvalue weighted by Crippen LogP contribution is -2.07. The first-order valence-electron chi connectivity index (χ1n) is 5.48. The molecule has 0 aliphatic heterocycles. The van der Waals surface area contributed by atoms with Crippen LogP contribution in [0.15, 0.2) is 30.6 Å². The Balaban J connectivity index is 2.17. The van der Waals surface area contributed by atoms with Gasteiger partial charge in [-0.1, -0.05) is 12.1 Å². The third-order valence-corrected chi connectivity index (χ3v) is 2.88. The number of aromatic nitrogens is 2. The predicted molar refractivity (Wildman–Crippen MR) is 63.0 cm³/mol. The average Bonchev–Trinajstić information content (AvgIpc) is 2.68. The maximum Gasteiger partial charge on any atom is 0.126 e. The molecule has 2 aromatic rings. The number of nitrogens with zero attached hydrogens (tertiary/aromatic N) is 2. The Morgan fingerprint density at radius 3 is 2.82 bits per heavy atom. The highest BCUT2D eigenvalue weighted by molar-refractivity contribution is 5.25. The van der Waals surface area contributed by atoms with Crippen LogP contribution in [0.2, 0.25) is 0 Å². The number of hydrogen-bond donors (Lipinski definition) is 1. The van der Waals surface area contributed by atoms with Gasteiger partial charge in [0.25, 0.3) is 0 Å². The number of aliphatic hydroxyl groups excluding tert-OH is 1. The minimum absolute atomic E-state index is 0.290. The quantitative estimate of drug-likeness (QED) is 0.883. The zero-order valence-corrected chi connectivity index (χ0v) is 9.89. The minimum atomic E-state index is -0.730. The van der Waals surface area contributed by atoms with E-state index in [1.165, 1.54) is 6.07 Å². The molecule has 1 aromatic carbocycles. The molecule has 0 radical (unpaired) electrons. The maximum absolute atomic E-state index is 13.4. The minimum Gasteiger partial charge on any atom is -0.388 e. The zero-order chi connectivity index (χ0) is 12.4. The number of imidazole rings is 1. The molecule has 0 aliphatic carbocycles. The summed E-state index contributed by atoms with van der Waals surface area (Å²) in [5.74, 6) is 0.486. The molecule has 1 N–H and O–H groups in total. The van der Waals surface area contributed by atoms with Crippen molar-refractivity contribution in [3.8, 4) is 0 Å². The van der Waals surface area contributed by atoms with Crippen LogP contribution in [0.4, 0.5) is 4.39 Å². The van der Waals surface area contributed by atoms with Gasteiger partial charge in [0.05, 0.1) is 6.10 Å². The molecule has 0 aliphatic rings. The lowest BCUT2D eigenvalue weighted by atomic mass is 10.0. The first-order valence-corrected chi connectivity index (χ1v) is 5.48. The van der Waals surface area contributed by atoms with E-state index in [0.717, 1.165) is 5.82 Å². The van der Waals surface area contributed by atoms with Crippen molar-refractivity contribution in [1.29, 1.82) is 0 Å². The lowest BCUT2D eigenvalue weighted by molar-refractivity contribution is 0.174. The number of hydrogen-bond acceptors (Lipinski definition) is 2. The molecule has 4 heteroatoms. The van der Waals surface area contributed by atoms with Crippen LogP contribution in [-0.2, 0) is 13.5 Å². The Labute approximate surface area is 99.5 Å². The van der Waals surface area contributed by atoms with Gasteiger partial charge >= 0.3 is 0 Å². The Kier molecular flexibility index (Phi) is 3.24. The first kappa shape index (κ1) is 11.8. The van der Waals surface area contributed by atoms with Crippen LogP contribution in [0.3, 0.4) is 0 Å². The summed E-state index contributed by atoms with van der Waals surface area (Å²) < 4.78 is 15.2.